The first-order valence-electron chi connectivity index (χ1n) is 28.1. The Morgan fingerprint density at radius 3 is 0.855 bits per heavy atom. The Morgan fingerprint density at radius 1 is 0.303 bits per heavy atom. The molecule has 9 rings (SSSR count). The molecule has 0 unspecified atom stereocenters. The average Bonchev–Trinajstić information content (AvgIpc) is 3.47. The lowest BCUT2D eigenvalue weighted by Crippen LogP contribution is -2.72. The van der Waals surface area contributed by atoms with Gasteiger partial charge in [0.1, 0.15) is 13.1 Å². The molecule has 2 aliphatic rings. The lowest BCUT2D eigenvalue weighted by Gasteiger charge is -2.26. The maximum Gasteiger partial charge on any atom is 0.206 e. The van der Waals surface area contributed by atoms with E-state index in [4.69, 9.17) is 0 Å². The minimum Gasteiger partial charge on any atom is -0.372 e. The summed E-state index contributed by atoms with van der Waals surface area (Å²) in [6.07, 6.45) is 9.10. The highest BCUT2D eigenvalue weighted by molar-refractivity contribution is 6.18. The van der Waals surface area contributed by atoms with Crippen molar-refractivity contribution >= 4 is 56.5 Å². The summed E-state index contributed by atoms with van der Waals surface area (Å²) in [7, 11) is 0. The highest BCUT2D eigenvalue weighted by Crippen LogP contribution is 2.40. The number of rotatable bonds is 20. The number of nitrogens with one attached hydrogen (secondary N) is 2. The summed E-state index contributed by atoms with van der Waals surface area (Å²) in [4.78, 5) is 17.0. The Balaban J connectivity index is 0.944. The SMILES string of the molecule is CC[NH+]=C1C=CC(=C(c2ccc(N(CC)CC)cc2)c2ccc(N(CC)Cc3ccc(CN(CC)c4ccc(C(=C5C=CC(=[NH+]CC)c6ccccc65)c5ccc(N(CC)CC)cc5)cc4)cc3)cc2)c2ccccc21. The first kappa shape index (κ1) is 52.9. The van der Waals surface area contributed by atoms with E-state index in [0.717, 1.165) is 65.4 Å². The van der Waals surface area contributed by atoms with Crippen LogP contribution in [0.3, 0.4) is 0 Å². The van der Waals surface area contributed by atoms with Crippen LogP contribution in [-0.2, 0) is 13.1 Å². The third-order valence-electron chi connectivity index (χ3n) is 15.3. The van der Waals surface area contributed by atoms with Crippen LogP contribution >= 0.6 is 0 Å². The van der Waals surface area contributed by atoms with Crippen LogP contribution in [0.4, 0.5) is 22.7 Å². The highest BCUT2D eigenvalue weighted by atomic mass is 15.1. The van der Waals surface area contributed by atoms with E-state index in [-0.39, 0.29) is 0 Å². The van der Waals surface area contributed by atoms with Gasteiger partial charge in [-0.15, -0.1) is 0 Å². The maximum absolute atomic E-state index is 3.60. The second-order valence-corrected chi connectivity index (χ2v) is 19.6. The van der Waals surface area contributed by atoms with Crippen molar-refractivity contribution in [2.45, 2.75) is 68.5 Å². The molecule has 2 aliphatic carbocycles. The molecule has 0 heterocycles. The van der Waals surface area contributed by atoms with E-state index in [9.17, 15) is 0 Å². The minimum absolute atomic E-state index is 0.832. The topological polar surface area (TPSA) is 40.9 Å². The van der Waals surface area contributed by atoms with Gasteiger partial charge in [-0.3, -0.25) is 0 Å². The number of nitrogens with zero attached hydrogens (tertiary/aromatic N) is 4. The molecule has 76 heavy (non-hydrogen) atoms. The van der Waals surface area contributed by atoms with Gasteiger partial charge in [0, 0.05) is 87.3 Å². The van der Waals surface area contributed by atoms with E-state index in [1.54, 1.807) is 0 Å². The fourth-order valence-electron chi connectivity index (χ4n) is 11.2. The summed E-state index contributed by atoms with van der Waals surface area (Å²) >= 11 is 0. The fraction of sp³-hybridized carbons (Fsp3) is 0.257. The van der Waals surface area contributed by atoms with Crippen LogP contribution in [0.15, 0.2) is 194 Å². The molecule has 7 aromatic rings. The molecule has 0 saturated carbocycles. The number of hydrogen-bond donors (Lipinski definition) is 2. The van der Waals surface area contributed by atoms with E-state index in [2.05, 4.69) is 279 Å². The molecule has 7 aromatic carbocycles. The lowest BCUT2D eigenvalue weighted by atomic mass is 9.83. The number of anilines is 4. The zero-order valence-electron chi connectivity index (χ0n) is 46.3. The Labute approximate surface area is 454 Å². The Morgan fingerprint density at radius 2 is 0.579 bits per heavy atom. The van der Waals surface area contributed by atoms with Crippen LogP contribution in [0.1, 0.15) is 111 Å². The maximum atomic E-state index is 3.60. The molecular weight excluding hydrogens is 925 g/mol. The summed E-state index contributed by atoms with van der Waals surface area (Å²) in [5, 5.41) is 0. The van der Waals surface area contributed by atoms with Gasteiger partial charge in [0.05, 0.1) is 11.1 Å². The van der Waals surface area contributed by atoms with Gasteiger partial charge >= 0.3 is 0 Å². The molecule has 0 saturated heterocycles. The van der Waals surface area contributed by atoms with Crippen molar-refractivity contribution in [2.75, 3.05) is 72.0 Å². The van der Waals surface area contributed by atoms with Crippen molar-refractivity contribution in [2.24, 2.45) is 0 Å². The van der Waals surface area contributed by atoms with Crippen LogP contribution < -0.4 is 29.6 Å². The summed E-state index contributed by atoms with van der Waals surface area (Å²) in [6.45, 7) is 26.9. The highest BCUT2D eigenvalue weighted by Gasteiger charge is 2.25. The zero-order valence-corrected chi connectivity index (χ0v) is 46.3. The Hall–Kier alpha value is -7.96. The van der Waals surface area contributed by atoms with Crippen LogP contribution in [0, 0.1) is 0 Å². The molecule has 0 bridgehead atoms. The van der Waals surface area contributed by atoms with Gasteiger partial charge in [-0.25, -0.2) is 9.98 Å². The first-order valence-corrected chi connectivity index (χ1v) is 28.1. The quantitative estimate of drug-likeness (QED) is 0.0798. The van der Waals surface area contributed by atoms with Gasteiger partial charge in [0.15, 0.2) is 0 Å². The fourth-order valence-corrected chi connectivity index (χ4v) is 11.2. The molecule has 0 spiro atoms. The van der Waals surface area contributed by atoms with Gasteiger partial charge in [0.25, 0.3) is 0 Å². The summed E-state index contributed by atoms with van der Waals surface area (Å²) in [6, 6.07) is 63.7. The van der Waals surface area contributed by atoms with E-state index in [1.165, 1.54) is 112 Å². The number of hydrogen-bond acceptors (Lipinski definition) is 4. The predicted molar refractivity (Wildman–Crippen MR) is 327 cm³/mol. The van der Waals surface area contributed by atoms with E-state index < -0.39 is 0 Å². The molecule has 6 heteroatoms. The number of allylic oxidation sites excluding steroid dienone is 6. The number of benzene rings is 7. The minimum atomic E-state index is 0.832. The average molecular weight is 1000 g/mol. The summed E-state index contributed by atoms with van der Waals surface area (Å²) in [5.41, 5.74) is 24.7. The third-order valence-corrected chi connectivity index (χ3v) is 15.3. The summed E-state index contributed by atoms with van der Waals surface area (Å²) in [5.74, 6) is 0. The molecular formula is C70H78N6+2. The summed E-state index contributed by atoms with van der Waals surface area (Å²) < 4.78 is 0. The third kappa shape index (κ3) is 11.5. The van der Waals surface area contributed by atoms with Crippen molar-refractivity contribution in [1.29, 1.82) is 0 Å². The first-order chi connectivity index (χ1) is 37.3. The molecule has 0 aliphatic heterocycles. The van der Waals surface area contributed by atoms with Gasteiger partial charge < -0.3 is 19.6 Å². The van der Waals surface area contributed by atoms with Crippen molar-refractivity contribution in [1.82, 2.24) is 0 Å². The van der Waals surface area contributed by atoms with Crippen molar-refractivity contribution < 1.29 is 9.98 Å². The van der Waals surface area contributed by atoms with Gasteiger partial charge in [-0.05, 0) is 195 Å². The zero-order chi connectivity index (χ0) is 53.0. The van der Waals surface area contributed by atoms with Gasteiger partial charge in [-0.2, -0.15) is 0 Å². The largest absolute Gasteiger partial charge is 0.372 e. The van der Waals surface area contributed by atoms with Crippen molar-refractivity contribution in [3.8, 4) is 0 Å². The molecule has 386 valence electrons. The smallest absolute Gasteiger partial charge is 0.206 e. The lowest BCUT2D eigenvalue weighted by molar-refractivity contribution is -0.451. The van der Waals surface area contributed by atoms with Crippen LogP contribution in [0.5, 0.6) is 0 Å². The second kappa shape index (κ2) is 25.0. The van der Waals surface area contributed by atoms with Crippen LogP contribution in [-0.4, -0.2) is 63.8 Å². The standard InChI is InChI=1S/C70H76N6/c1-9-71-67-47-45-65(61-21-17-19-23-63(61)67)69(53-29-37-57(38-30-53)73(11-3)12-4)55-33-41-59(42-34-55)75(15-7)49-51-25-27-52(28-26-51)50-76(16-8)60-43-35-56(36-44-60)70(54-31-39-58(40-32-54)74(13-5)14-6)66-46-48-68(72-10-2)64-24-20-18-22-62(64)66/h17-48H,9-16,49-50H2,1-8H3/p+2. The van der Waals surface area contributed by atoms with Crippen LogP contribution in [0.25, 0.3) is 22.3 Å². The van der Waals surface area contributed by atoms with E-state index in [1.807, 2.05) is 0 Å². The van der Waals surface area contributed by atoms with E-state index >= 15 is 0 Å². The molecule has 6 nitrogen and oxygen atoms in total. The van der Waals surface area contributed by atoms with E-state index in [0.29, 0.717) is 0 Å². The Kier molecular flexibility index (Phi) is 17.4. The second-order valence-electron chi connectivity index (χ2n) is 19.6. The predicted octanol–water partition coefficient (Wildman–Crippen LogP) is 12.3. The molecule has 2 N–H and O–H groups in total. The molecule has 0 amide bonds. The van der Waals surface area contributed by atoms with Gasteiger partial charge in [-0.1, -0.05) is 109 Å². The normalized spacial score (nSPS) is 15.1. The van der Waals surface area contributed by atoms with Crippen molar-refractivity contribution in [3.63, 3.8) is 0 Å². The van der Waals surface area contributed by atoms with Crippen molar-refractivity contribution in [3.05, 3.63) is 250 Å². The molecule has 0 aromatic heterocycles. The molecule has 0 radical (unpaired) electrons. The number of fused-ring (bicyclic) bond motifs is 2. The molecule has 0 atom stereocenters. The van der Waals surface area contributed by atoms with Crippen LogP contribution in [0.2, 0.25) is 0 Å². The Bertz CT molecular complexity index is 3030. The van der Waals surface area contributed by atoms with Gasteiger partial charge in [0.2, 0.25) is 11.4 Å². The monoisotopic (exact) mass is 1000 g/mol. The molecule has 0 fully saturated rings.